The van der Waals surface area contributed by atoms with Crippen LogP contribution in [0.3, 0.4) is 0 Å². The zero-order valence-electron chi connectivity index (χ0n) is 9.83. The van der Waals surface area contributed by atoms with Crippen LogP contribution in [-0.2, 0) is 0 Å². The second-order valence-electron chi connectivity index (χ2n) is 4.47. The largest absolute Gasteiger partial charge is 0.369 e. The molecule has 0 fully saturated rings. The van der Waals surface area contributed by atoms with Gasteiger partial charge in [0.15, 0.2) is 0 Å². The topological polar surface area (TPSA) is 58.7 Å². The molecule has 0 bridgehead atoms. The number of benzene rings is 1. The summed E-state index contributed by atoms with van der Waals surface area (Å²) in [6, 6.07) is 2.06. The Bertz CT molecular complexity index is 699. The highest BCUT2D eigenvalue weighted by molar-refractivity contribution is 6.67. The van der Waals surface area contributed by atoms with Crippen LogP contribution in [0, 0.1) is 5.82 Å². The number of nitrogens with two attached hydrogens (primary N) is 1. The molecule has 0 radical (unpaired) electrons. The van der Waals surface area contributed by atoms with E-state index < -0.39 is 29.1 Å². The van der Waals surface area contributed by atoms with Crippen molar-refractivity contribution in [3.8, 4) is 0 Å². The summed E-state index contributed by atoms with van der Waals surface area (Å²) in [6.45, 7) is -0.640. The summed E-state index contributed by atoms with van der Waals surface area (Å²) in [5, 5.41) is -1.01. The summed E-state index contributed by atoms with van der Waals surface area (Å²) in [5.41, 5.74) is 5.57. The van der Waals surface area contributed by atoms with Crippen LogP contribution in [0.4, 0.5) is 18.9 Å². The van der Waals surface area contributed by atoms with Crippen molar-refractivity contribution in [3.05, 3.63) is 35.2 Å². The number of aliphatic imine (C=N–C) groups is 1. The van der Waals surface area contributed by atoms with Crippen LogP contribution < -0.4 is 5.73 Å². The first kappa shape index (κ1) is 13.0. The summed E-state index contributed by atoms with van der Waals surface area (Å²) in [6.07, 6.45) is 0.716. The Morgan fingerprint density at radius 2 is 2.15 bits per heavy atom. The molecule has 3 rings (SSSR count). The molecule has 1 aromatic rings. The van der Waals surface area contributed by atoms with Gasteiger partial charge in [-0.2, -0.15) is 8.78 Å². The number of nitrogens with zero attached hydrogens (tertiary/aromatic N) is 2. The summed E-state index contributed by atoms with van der Waals surface area (Å²) < 4.78 is 40.6. The average Bonchev–Trinajstić information content (AvgIpc) is 2.64. The zero-order valence-corrected chi connectivity index (χ0v) is 10.6. The Labute approximate surface area is 116 Å². The van der Waals surface area contributed by atoms with Gasteiger partial charge in [-0.05, 0) is 17.7 Å². The monoisotopic (exact) mass is 301 g/mol. The minimum absolute atomic E-state index is 0.0851. The molecule has 0 unspecified atom stereocenters. The fourth-order valence-corrected chi connectivity index (χ4v) is 2.39. The summed E-state index contributed by atoms with van der Waals surface area (Å²) in [4.78, 5) is 16.1. The maximum atomic E-state index is 13.7. The Morgan fingerprint density at radius 1 is 1.45 bits per heavy atom. The molecule has 2 aliphatic heterocycles. The molecule has 104 valence electrons. The van der Waals surface area contributed by atoms with E-state index in [4.69, 9.17) is 17.3 Å². The van der Waals surface area contributed by atoms with E-state index in [1.165, 1.54) is 0 Å². The molecule has 1 aromatic carbocycles. The second-order valence-corrected chi connectivity index (χ2v) is 4.81. The predicted molar refractivity (Wildman–Crippen MR) is 67.5 cm³/mol. The van der Waals surface area contributed by atoms with E-state index in [-0.39, 0.29) is 22.9 Å². The molecule has 0 aliphatic carbocycles. The van der Waals surface area contributed by atoms with Crippen LogP contribution in [0.1, 0.15) is 15.9 Å². The van der Waals surface area contributed by atoms with E-state index in [0.717, 1.165) is 17.0 Å². The van der Waals surface area contributed by atoms with Crippen LogP contribution in [0.2, 0.25) is 0 Å². The predicted octanol–water partition coefficient (Wildman–Crippen LogP) is 2.46. The van der Waals surface area contributed by atoms with Gasteiger partial charge in [-0.25, -0.2) is 9.38 Å². The van der Waals surface area contributed by atoms with Gasteiger partial charge in [0, 0.05) is 17.7 Å². The third kappa shape index (κ3) is 1.85. The van der Waals surface area contributed by atoms with Crippen LogP contribution in [-0.4, -0.2) is 28.6 Å². The lowest BCUT2D eigenvalue weighted by Gasteiger charge is -2.26. The average molecular weight is 302 g/mol. The molecule has 0 spiro atoms. The highest BCUT2D eigenvalue weighted by atomic mass is 35.5. The summed E-state index contributed by atoms with van der Waals surface area (Å²) in [7, 11) is 0. The summed E-state index contributed by atoms with van der Waals surface area (Å²) in [5.74, 6) is -4.10. The number of carbonyl (C=O) groups is 1. The van der Waals surface area contributed by atoms with Gasteiger partial charge in [-0.1, -0.05) is 0 Å². The first-order valence-corrected chi connectivity index (χ1v) is 5.92. The summed E-state index contributed by atoms with van der Waals surface area (Å²) >= 11 is 5.26. The van der Waals surface area contributed by atoms with Crippen LogP contribution in [0.25, 0.3) is 5.70 Å². The van der Waals surface area contributed by atoms with Crippen LogP contribution >= 0.6 is 11.6 Å². The van der Waals surface area contributed by atoms with Gasteiger partial charge in [0.05, 0.1) is 23.5 Å². The minimum Gasteiger partial charge on any atom is -0.369 e. The van der Waals surface area contributed by atoms with Gasteiger partial charge >= 0.3 is 0 Å². The fraction of sp³-hybridized carbons (Fsp3) is 0.167. The van der Waals surface area contributed by atoms with Gasteiger partial charge in [-0.15, -0.1) is 0 Å². The standard InChI is InChI=1S/C12H7ClF3N3O/c13-10(20)5-1-6-8(2-7(5)14)18-11(17)19-4-12(15,16)3-9(6)19/h1-3H,4H2,(H2,17,18). The van der Waals surface area contributed by atoms with E-state index in [1.54, 1.807) is 0 Å². The van der Waals surface area contributed by atoms with Crippen molar-refractivity contribution in [2.75, 3.05) is 6.54 Å². The Kier molecular flexibility index (Phi) is 2.59. The van der Waals surface area contributed by atoms with E-state index in [0.29, 0.717) is 6.08 Å². The molecular weight excluding hydrogens is 295 g/mol. The van der Waals surface area contributed by atoms with E-state index in [1.807, 2.05) is 0 Å². The van der Waals surface area contributed by atoms with Crippen molar-refractivity contribution >= 4 is 34.2 Å². The maximum absolute atomic E-state index is 13.7. The maximum Gasteiger partial charge on any atom is 0.286 e. The molecule has 0 saturated heterocycles. The lowest BCUT2D eigenvalue weighted by molar-refractivity contribution is 0.0551. The number of rotatable bonds is 1. The van der Waals surface area contributed by atoms with Gasteiger partial charge in [0.25, 0.3) is 11.2 Å². The lowest BCUT2D eigenvalue weighted by Crippen LogP contribution is -2.39. The Balaban J connectivity index is 2.25. The first-order chi connectivity index (χ1) is 9.28. The quantitative estimate of drug-likeness (QED) is 0.811. The zero-order chi connectivity index (χ0) is 14.7. The smallest absolute Gasteiger partial charge is 0.286 e. The van der Waals surface area contributed by atoms with Gasteiger partial charge in [-0.3, -0.25) is 4.79 Å². The SMILES string of the molecule is NC1=Nc2cc(F)c(C(=O)Cl)cc2C2=CC(F)(F)CN21. The van der Waals surface area contributed by atoms with Crippen LogP contribution in [0.15, 0.2) is 23.2 Å². The fourth-order valence-electron chi connectivity index (χ4n) is 2.24. The number of guanidine groups is 1. The van der Waals surface area contributed by atoms with Crippen molar-refractivity contribution in [1.29, 1.82) is 0 Å². The third-order valence-electron chi connectivity index (χ3n) is 3.09. The van der Waals surface area contributed by atoms with Gasteiger partial charge in [0.2, 0.25) is 5.96 Å². The molecule has 2 aliphatic rings. The lowest BCUT2D eigenvalue weighted by atomic mass is 10.0. The highest BCUT2D eigenvalue weighted by Gasteiger charge is 2.42. The second kappa shape index (κ2) is 3.99. The van der Waals surface area contributed by atoms with Crippen molar-refractivity contribution in [3.63, 3.8) is 0 Å². The molecule has 2 heterocycles. The normalized spacial score (nSPS) is 19.1. The molecule has 0 aromatic heterocycles. The molecule has 0 amide bonds. The van der Waals surface area contributed by atoms with Crippen molar-refractivity contribution in [2.45, 2.75) is 5.92 Å². The third-order valence-corrected chi connectivity index (χ3v) is 3.30. The number of hydrogen-bond acceptors (Lipinski definition) is 4. The number of alkyl halides is 2. The number of halogens is 4. The van der Waals surface area contributed by atoms with Crippen molar-refractivity contribution in [2.24, 2.45) is 10.7 Å². The first-order valence-electron chi connectivity index (χ1n) is 5.54. The van der Waals surface area contributed by atoms with Gasteiger partial charge < -0.3 is 10.6 Å². The van der Waals surface area contributed by atoms with Crippen molar-refractivity contribution in [1.82, 2.24) is 4.90 Å². The Hall–Kier alpha value is -2.02. The van der Waals surface area contributed by atoms with Crippen molar-refractivity contribution < 1.29 is 18.0 Å². The molecule has 20 heavy (non-hydrogen) atoms. The van der Waals surface area contributed by atoms with Gasteiger partial charge in [0.1, 0.15) is 5.82 Å². The number of carbonyl (C=O) groups excluding carboxylic acids is 1. The Morgan fingerprint density at radius 3 is 2.80 bits per heavy atom. The molecule has 0 atom stereocenters. The minimum atomic E-state index is -3.07. The van der Waals surface area contributed by atoms with Crippen LogP contribution in [0.5, 0.6) is 0 Å². The number of fused-ring (bicyclic) bond motifs is 3. The van der Waals surface area contributed by atoms with E-state index in [9.17, 15) is 18.0 Å². The molecule has 0 saturated carbocycles. The van der Waals surface area contributed by atoms with E-state index >= 15 is 0 Å². The highest BCUT2D eigenvalue weighted by Crippen LogP contribution is 2.42. The molecular formula is C12H7ClF3N3O. The van der Waals surface area contributed by atoms with E-state index in [2.05, 4.69) is 4.99 Å². The number of hydrogen-bond donors (Lipinski definition) is 1. The molecule has 4 nitrogen and oxygen atoms in total. The molecule has 2 N–H and O–H groups in total. The molecule has 8 heteroatoms.